The molecule has 0 heterocycles. The first kappa shape index (κ1) is 7.06. The molecular formula is CH2BIO2S. The molecular weight excluding hydrogens is 214 g/mol. The van der Waals surface area contributed by atoms with Crippen molar-refractivity contribution >= 4 is 43.3 Å². The van der Waals surface area contributed by atoms with E-state index >= 15 is 0 Å². The number of alkyl halides is 1. The monoisotopic (exact) mass is 216 g/mol. The molecule has 1 N–H and O–H groups in total. The van der Waals surface area contributed by atoms with Crippen LogP contribution in [0.1, 0.15) is 0 Å². The Bertz CT molecular complexity index is 43.3. The minimum absolute atomic E-state index is 1.48. The van der Waals surface area contributed by atoms with E-state index in [1.54, 1.807) is 0 Å². The second-order valence-corrected chi connectivity index (χ2v) is 2.43. The normalized spacial score (nSPS) is 19.8. The Kier molecular flexibility index (Phi) is 2.82. The summed E-state index contributed by atoms with van der Waals surface area (Å²) in [4.78, 5) is 0. The molecule has 0 aliphatic heterocycles. The first-order valence-electron chi connectivity index (χ1n) is 1.09. The van der Waals surface area contributed by atoms with Crippen LogP contribution in [-0.2, 0) is 4.18 Å². The highest BCUT2D eigenvalue weighted by molar-refractivity contribution is 14.1. The summed E-state index contributed by atoms with van der Waals surface area (Å²) in [7, 11) is 4.78. The summed E-state index contributed by atoms with van der Waals surface area (Å²) >= 11 is 4.69. The highest BCUT2D eigenvalue weighted by atomic mass is 127. The predicted molar refractivity (Wildman–Crippen MR) is 34.8 cm³/mol. The third kappa shape index (κ3) is 5.06. The van der Waals surface area contributed by atoms with Crippen LogP contribution < -0.4 is 0 Å². The van der Waals surface area contributed by atoms with E-state index < -0.39 is 3.69 Å². The predicted octanol–water partition coefficient (Wildman–Crippen LogP) is 0.0549. The second-order valence-electron chi connectivity index (χ2n) is 0.700. The number of rotatable bonds is 1. The summed E-state index contributed by atoms with van der Waals surface area (Å²) in [6.45, 7) is 0. The van der Waals surface area contributed by atoms with Gasteiger partial charge in [-0.2, -0.15) is 0 Å². The van der Waals surface area contributed by atoms with Gasteiger partial charge in [-0.15, -0.1) is 0 Å². The summed E-state index contributed by atoms with van der Waals surface area (Å²) < 4.78 is 2.33. The van der Waals surface area contributed by atoms with E-state index in [-0.39, 0.29) is 0 Å². The molecule has 6 heavy (non-hydrogen) atoms. The van der Waals surface area contributed by atoms with Crippen molar-refractivity contribution in [1.82, 2.24) is 0 Å². The minimum Gasteiger partial charge on any atom is -0.365 e. The maximum absolute atomic E-state index is 8.29. The van der Waals surface area contributed by atoms with Crippen molar-refractivity contribution in [3.63, 3.8) is 0 Å². The van der Waals surface area contributed by atoms with Crippen LogP contribution in [0.4, 0.5) is 0 Å². The zero-order chi connectivity index (χ0) is 5.21. The van der Waals surface area contributed by atoms with Gasteiger partial charge in [-0.25, -0.2) is 0 Å². The van der Waals surface area contributed by atoms with Gasteiger partial charge in [0.05, 0.1) is 0 Å². The Balaban J connectivity index is 3.17. The van der Waals surface area contributed by atoms with Crippen LogP contribution in [0.15, 0.2) is 0 Å². The largest absolute Gasteiger partial charge is 0.365 e. The summed E-state index contributed by atoms with van der Waals surface area (Å²) in [5.74, 6) is 0. The van der Waals surface area contributed by atoms with Gasteiger partial charge in [0.1, 0.15) is 0 Å². The highest BCUT2D eigenvalue weighted by Gasteiger charge is 2.10. The lowest BCUT2D eigenvalue weighted by molar-refractivity contribution is 0.0594. The molecule has 0 aromatic carbocycles. The molecule has 1 atom stereocenters. The molecule has 0 aromatic heterocycles. The molecule has 2 radical (unpaired) electrons. The molecule has 5 heteroatoms. The SMILES string of the molecule is [B]C(O)(I)OS. The molecule has 1 unspecified atom stereocenters. The van der Waals surface area contributed by atoms with Crippen molar-refractivity contribution in [1.29, 1.82) is 0 Å². The maximum atomic E-state index is 8.29. The van der Waals surface area contributed by atoms with E-state index in [0.717, 1.165) is 0 Å². The molecule has 0 fully saturated rings. The van der Waals surface area contributed by atoms with E-state index in [4.69, 9.17) is 13.0 Å². The van der Waals surface area contributed by atoms with Crippen LogP contribution in [0.3, 0.4) is 0 Å². The van der Waals surface area contributed by atoms with Crippen LogP contribution in [0.25, 0.3) is 0 Å². The topological polar surface area (TPSA) is 29.5 Å². The van der Waals surface area contributed by atoms with E-state index in [9.17, 15) is 0 Å². The summed E-state index contributed by atoms with van der Waals surface area (Å²) in [5.41, 5.74) is 0. The zero-order valence-corrected chi connectivity index (χ0v) is 5.81. The first-order valence-corrected chi connectivity index (χ1v) is 2.53. The van der Waals surface area contributed by atoms with Gasteiger partial charge >= 0.3 is 0 Å². The fraction of sp³-hybridized carbons (Fsp3) is 1.00. The smallest absolute Gasteiger partial charge is 0.179 e. The Morgan fingerprint density at radius 2 is 2.17 bits per heavy atom. The molecule has 0 saturated heterocycles. The summed E-state index contributed by atoms with van der Waals surface area (Å²) in [5, 5.41) is 8.29. The number of hydrogen-bond acceptors (Lipinski definition) is 3. The van der Waals surface area contributed by atoms with Gasteiger partial charge < -0.3 is 5.11 Å². The van der Waals surface area contributed by atoms with Crippen LogP contribution in [0.2, 0.25) is 0 Å². The van der Waals surface area contributed by atoms with Gasteiger partial charge in [0.15, 0.2) is 11.5 Å². The third-order valence-corrected chi connectivity index (χ3v) is 0.975. The highest BCUT2D eigenvalue weighted by Crippen LogP contribution is 2.11. The van der Waals surface area contributed by atoms with Gasteiger partial charge in [-0.05, 0) is 35.5 Å². The van der Waals surface area contributed by atoms with Gasteiger partial charge in [0.25, 0.3) is 0 Å². The summed E-state index contributed by atoms with van der Waals surface area (Å²) in [6, 6.07) is 0. The molecule has 0 spiro atoms. The van der Waals surface area contributed by atoms with Gasteiger partial charge in [0, 0.05) is 0 Å². The van der Waals surface area contributed by atoms with Crippen LogP contribution in [0.5, 0.6) is 0 Å². The quantitative estimate of drug-likeness (QED) is 0.162. The average molecular weight is 216 g/mol. The van der Waals surface area contributed by atoms with Gasteiger partial charge in [0.2, 0.25) is 0 Å². The second kappa shape index (κ2) is 2.39. The van der Waals surface area contributed by atoms with Gasteiger partial charge in [-0.3, -0.25) is 4.18 Å². The molecule has 0 amide bonds. The Morgan fingerprint density at radius 3 is 2.17 bits per heavy atom. The van der Waals surface area contributed by atoms with Crippen molar-refractivity contribution in [2.24, 2.45) is 0 Å². The number of aliphatic hydroxyl groups is 1. The fourth-order valence-corrected chi connectivity index (χ4v) is 0. The van der Waals surface area contributed by atoms with E-state index in [1.165, 1.54) is 22.6 Å². The standard InChI is InChI=1S/CH2BIO2S/c2-1(3,4)5-6/h4,6H. The third-order valence-electron chi connectivity index (χ3n) is 0.128. The summed E-state index contributed by atoms with van der Waals surface area (Å²) in [6.07, 6.45) is 0. The zero-order valence-electron chi connectivity index (χ0n) is 2.76. The number of halogens is 1. The first-order chi connectivity index (χ1) is 2.56. The lowest BCUT2D eigenvalue weighted by atomic mass is 10.1. The van der Waals surface area contributed by atoms with Crippen molar-refractivity contribution in [3.8, 4) is 0 Å². The van der Waals surface area contributed by atoms with Crippen LogP contribution in [0, 0.1) is 0 Å². The molecule has 34 valence electrons. The number of hydrogen-bond donors (Lipinski definition) is 2. The average Bonchev–Trinajstić information content (AvgIpc) is 1.35. The molecule has 2 nitrogen and oxygen atoms in total. The molecule has 0 saturated carbocycles. The molecule has 0 bridgehead atoms. The minimum atomic E-state index is -1.62. The van der Waals surface area contributed by atoms with Crippen LogP contribution >= 0.6 is 35.5 Å². The molecule has 0 aliphatic carbocycles. The lowest BCUT2D eigenvalue weighted by Gasteiger charge is -2.09. The Hall–Kier alpha value is 1.06. The molecule has 0 aromatic rings. The van der Waals surface area contributed by atoms with E-state index in [1.807, 2.05) is 0 Å². The van der Waals surface area contributed by atoms with E-state index in [2.05, 4.69) is 17.1 Å². The number of thiol groups is 1. The maximum Gasteiger partial charge on any atom is 0.179 e. The molecule has 0 aliphatic rings. The fourth-order valence-electron chi connectivity index (χ4n) is 0. The Labute approximate surface area is 56.4 Å². The molecule has 0 rings (SSSR count). The van der Waals surface area contributed by atoms with E-state index in [0.29, 0.717) is 0 Å². The van der Waals surface area contributed by atoms with Crippen molar-refractivity contribution in [2.45, 2.75) is 3.69 Å². The van der Waals surface area contributed by atoms with Crippen molar-refractivity contribution in [2.75, 3.05) is 0 Å². The van der Waals surface area contributed by atoms with Gasteiger partial charge in [-0.1, -0.05) is 0 Å². The Morgan fingerprint density at radius 1 is 2.00 bits per heavy atom. The lowest BCUT2D eigenvalue weighted by Crippen LogP contribution is -2.18. The van der Waals surface area contributed by atoms with Crippen molar-refractivity contribution in [3.05, 3.63) is 0 Å². The van der Waals surface area contributed by atoms with Crippen LogP contribution in [-0.4, -0.2) is 16.6 Å². The van der Waals surface area contributed by atoms with Crippen molar-refractivity contribution < 1.29 is 9.29 Å².